The molecule has 1 saturated heterocycles. The molecule has 1 aliphatic carbocycles. The van der Waals surface area contributed by atoms with E-state index in [9.17, 15) is 0 Å². The van der Waals surface area contributed by atoms with E-state index in [1.807, 2.05) is 6.07 Å². The van der Waals surface area contributed by atoms with Crippen molar-refractivity contribution < 1.29 is 4.74 Å². The average molecular weight is 347 g/mol. The smallest absolute Gasteiger partial charge is 0.119 e. The Kier molecular flexibility index (Phi) is 3.93. The first-order valence-electron chi connectivity index (χ1n) is 9.69. The highest BCUT2D eigenvalue weighted by Crippen LogP contribution is 2.35. The van der Waals surface area contributed by atoms with Gasteiger partial charge in [0.15, 0.2) is 0 Å². The Labute approximate surface area is 154 Å². The summed E-state index contributed by atoms with van der Waals surface area (Å²) in [6.07, 6.45) is 5.21. The number of hydrogen-bond donors (Lipinski definition) is 1. The zero-order valence-corrected chi connectivity index (χ0v) is 15.2. The van der Waals surface area contributed by atoms with Crippen molar-refractivity contribution in [1.29, 1.82) is 0 Å². The minimum absolute atomic E-state index is 0.519. The fraction of sp³-hybridized carbons (Fsp3) is 0.409. The van der Waals surface area contributed by atoms with E-state index in [2.05, 4.69) is 46.6 Å². The number of piperidine rings is 1. The zero-order valence-electron chi connectivity index (χ0n) is 15.2. The predicted octanol–water partition coefficient (Wildman–Crippen LogP) is 4.44. The van der Waals surface area contributed by atoms with Crippen LogP contribution in [0.4, 0.5) is 5.69 Å². The van der Waals surface area contributed by atoms with E-state index in [0.29, 0.717) is 6.04 Å². The Morgan fingerprint density at radius 1 is 0.962 bits per heavy atom. The monoisotopic (exact) mass is 347 g/mol. The van der Waals surface area contributed by atoms with E-state index < -0.39 is 0 Å². The van der Waals surface area contributed by atoms with E-state index >= 15 is 0 Å². The van der Waals surface area contributed by atoms with Crippen LogP contribution in [-0.4, -0.2) is 42.2 Å². The minimum atomic E-state index is 0.519. The number of benzene rings is 2. The average Bonchev–Trinajstić information content (AvgIpc) is 3.53. The summed E-state index contributed by atoms with van der Waals surface area (Å²) in [7, 11) is 1.72. The van der Waals surface area contributed by atoms with Gasteiger partial charge in [-0.05, 0) is 49.9 Å². The Hall–Kier alpha value is -2.33. The lowest BCUT2D eigenvalue weighted by atomic mass is 10.0. The number of fused-ring (bicyclic) bond motifs is 2. The second-order valence-electron chi connectivity index (χ2n) is 7.57. The van der Waals surface area contributed by atoms with Crippen LogP contribution in [0.3, 0.4) is 0 Å². The number of para-hydroxylation sites is 1. The van der Waals surface area contributed by atoms with Crippen molar-refractivity contribution in [2.45, 2.75) is 37.8 Å². The van der Waals surface area contributed by atoms with E-state index in [1.54, 1.807) is 7.11 Å². The molecule has 0 radical (unpaired) electrons. The number of nitrogens with zero attached hydrogens (tertiary/aromatic N) is 2. The molecule has 1 saturated carbocycles. The first kappa shape index (κ1) is 15.9. The summed E-state index contributed by atoms with van der Waals surface area (Å²) in [4.78, 5) is 7.52. The van der Waals surface area contributed by atoms with Crippen LogP contribution in [0.1, 0.15) is 25.7 Å². The van der Waals surface area contributed by atoms with Crippen molar-refractivity contribution in [1.82, 2.24) is 9.88 Å². The van der Waals surface area contributed by atoms with Crippen LogP contribution in [-0.2, 0) is 0 Å². The van der Waals surface area contributed by atoms with Crippen LogP contribution in [0.5, 0.6) is 5.75 Å². The summed E-state index contributed by atoms with van der Waals surface area (Å²) in [5, 5.41) is 6.21. The molecule has 134 valence electrons. The first-order valence-corrected chi connectivity index (χ1v) is 9.69. The van der Waals surface area contributed by atoms with Gasteiger partial charge in [0.2, 0.25) is 0 Å². The van der Waals surface area contributed by atoms with Gasteiger partial charge < -0.3 is 15.0 Å². The molecule has 0 unspecified atom stereocenters. The standard InChI is InChI=1S/C22H25N3O/c1-26-17-8-9-21-19(14-17)22(18-4-2-3-5-20(18)24-21)23-15-10-12-25(13-11-15)16-6-7-16/h2-5,8-9,14-16H,6-7,10-13H2,1H3,(H,23,24). The van der Waals surface area contributed by atoms with Gasteiger partial charge in [-0.1, -0.05) is 18.2 Å². The summed E-state index contributed by atoms with van der Waals surface area (Å²) in [5.41, 5.74) is 3.26. The second-order valence-corrected chi connectivity index (χ2v) is 7.57. The van der Waals surface area contributed by atoms with E-state index in [0.717, 1.165) is 28.2 Å². The number of rotatable bonds is 4. The normalized spacial score (nSPS) is 19.1. The van der Waals surface area contributed by atoms with Crippen molar-refractivity contribution in [2.24, 2.45) is 0 Å². The lowest BCUT2D eigenvalue weighted by molar-refractivity contribution is 0.210. The molecule has 3 aromatic rings. The maximum absolute atomic E-state index is 5.46. The number of anilines is 1. The lowest BCUT2D eigenvalue weighted by Gasteiger charge is -2.33. The van der Waals surface area contributed by atoms with Gasteiger partial charge in [0.1, 0.15) is 5.75 Å². The van der Waals surface area contributed by atoms with Gasteiger partial charge >= 0.3 is 0 Å². The zero-order chi connectivity index (χ0) is 17.5. The molecule has 26 heavy (non-hydrogen) atoms. The maximum Gasteiger partial charge on any atom is 0.119 e. The van der Waals surface area contributed by atoms with Crippen LogP contribution >= 0.6 is 0 Å². The van der Waals surface area contributed by atoms with Gasteiger partial charge in [-0.25, -0.2) is 4.98 Å². The quantitative estimate of drug-likeness (QED) is 0.708. The summed E-state index contributed by atoms with van der Waals surface area (Å²) in [6.45, 7) is 2.43. The third-order valence-corrected chi connectivity index (χ3v) is 5.83. The largest absolute Gasteiger partial charge is 0.497 e. The molecule has 0 amide bonds. The molecular formula is C22H25N3O. The molecular weight excluding hydrogens is 322 g/mol. The van der Waals surface area contributed by atoms with Crippen LogP contribution < -0.4 is 10.1 Å². The van der Waals surface area contributed by atoms with Crippen LogP contribution in [0.15, 0.2) is 42.5 Å². The number of ether oxygens (including phenoxy) is 1. The molecule has 4 heteroatoms. The number of likely N-dealkylation sites (tertiary alicyclic amines) is 1. The number of hydrogen-bond acceptors (Lipinski definition) is 4. The Morgan fingerprint density at radius 2 is 1.73 bits per heavy atom. The molecule has 1 N–H and O–H groups in total. The molecule has 0 atom stereocenters. The molecule has 1 aliphatic heterocycles. The fourth-order valence-corrected chi connectivity index (χ4v) is 4.21. The van der Waals surface area contributed by atoms with Crippen LogP contribution in [0, 0.1) is 0 Å². The molecule has 4 nitrogen and oxygen atoms in total. The molecule has 2 heterocycles. The van der Waals surface area contributed by atoms with Gasteiger partial charge in [0.05, 0.1) is 23.8 Å². The highest BCUT2D eigenvalue weighted by molar-refractivity contribution is 6.07. The molecule has 2 fully saturated rings. The highest BCUT2D eigenvalue weighted by atomic mass is 16.5. The molecule has 2 aromatic carbocycles. The van der Waals surface area contributed by atoms with Gasteiger partial charge in [-0.3, -0.25) is 0 Å². The van der Waals surface area contributed by atoms with E-state index in [1.165, 1.54) is 49.8 Å². The third kappa shape index (κ3) is 2.88. The summed E-state index contributed by atoms with van der Waals surface area (Å²) >= 11 is 0. The topological polar surface area (TPSA) is 37.4 Å². The van der Waals surface area contributed by atoms with Crippen molar-refractivity contribution in [3.63, 3.8) is 0 Å². The molecule has 2 aliphatic rings. The first-order chi connectivity index (χ1) is 12.8. The van der Waals surface area contributed by atoms with Crippen molar-refractivity contribution in [3.8, 4) is 5.75 Å². The van der Waals surface area contributed by atoms with Gasteiger partial charge in [-0.15, -0.1) is 0 Å². The van der Waals surface area contributed by atoms with Gasteiger partial charge in [0.25, 0.3) is 0 Å². The van der Waals surface area contributed by atoms with E-state index in [4.69, 9.17) is 9.72 Å². The highest BCUT2D eigenvalue weighted by Gasteiger charge is 2.31. The summed E-state index contributed by atoms with van der Waals surface area (Å²) < 4.78 is 5.46. The third-order valence-electron chi connectivity index (χ3n) is 5.83. The van der Waals surface area contributed by atoms with E-state index in [-0.39, 0.29) is 0 Å². The van der Waals surface area contributed by atoms with Crippen molar-refractivity contribution >= 4 is 27.5 Å². The fourth-order valence-electron chi connectivity index (χ4n) is 4.21. The molecule has 5 rings (SSSR count). The van der Waals surface area contributed by atoms with Crippen molar-refractivity contribution in [3.05, 3.63) is 42.5 Å². The van der Waals surface area contributed by atoms with Crippen molar-refractivity contribution in [2.75, 3.05) is 25.5 Å². The molecule has 1 aromatic heterocycles. The molecule has 0 bridgehead atoms. The number of methoxy groups -OCH3 is 1. The number of aromatic nitrogens is 1. The Morgan fingerprint density at radius 3 is 2.50 bits per heavy atom. The molecule has 0 spiro atoms. The predicted molar refractivity (Wildman–Crippen MR) is 107 cm³/mol. The van der Waals surface area contributed by atoms with Gasteiger partial charge in [0, 0.05) is 35.9 Å². The minimum Gasteiger partial charge on any atom is -0.497 e. The lowest BCUT2D eigenvalue weighted by Crippen LogP contribution is -2.40. The Bertz CT molecular complexity index is 943. The summed E-state index contributed by atoms with van der Waals surface area (Å²) in [6, 6.07) is 16.0. The van der Waals surface area contributed by atoms with Gasteiger partial charge in [-0.2, -0.15) is 0 Å². The number of nitrogens with one attached hydrogen (secondary N) is 1. The van der Waals surface area contributed by atoms with Crippen LogP contribution in [0.2, 0.25) is 0 Å². The van der Waals surface area contributed by atoms with Crippen LogP contribution in [0.25, 0.3) is 21.8 Å². The number of pyridine rings is 1. The summed E-state index contributed by atoms with van der Waals surface area (Å²) in [5.74, 6) is 0.876. The second kappa shape index (κ2) is 6.44. The Balaban J connectivity index is 1.53. The maximum atomic E-state index is 5.46. The SMILES string of the molecule is COc1ccc2nc3ccccc3c(NC3CCN(C4CC4)CC3)c2c1.